The van der Waals surface area contributed by atoms with E-state index in [0.29, 0.717) is 0 Å². The van der Waals surface area contributed by atoms with Gasteiger partial charge in [-0.15, -0.1) is 5.10 Å². The fourth-order valence-electron chi connectivity index (χ4n) is 1.75. The van der Waals surface area contributed by atoms with Gasteiger partial charge in [0.15, 0.2) is 0 Å². The molecule has 2 N–H and O–H groups in total. The molecule has 1 aliphatic carbocycles. The second-order valence-electron chi connectivity index (χ2n) is 3.70. The van der Waals surface area contributed by atoms with E-state index in [-0.39, 0.29) is 24.6 Å². The van der Waals surface area contributed by atoms with Crippen molar-refractivity contribution in [2.45, 2.75) is 38.3 Å². The van der Waals surface area contributed by atoms with Crippen LogP contribution in [0, 0.1) is 0 Å². The molecule has 0 spiro atoms. The van der Waals surface area contributed by atoms with Crippen molar-refractivity contribution >= 4 is 11.9 Å². The molecule has 2 rings (SSSR count). The van der Waals surface area contributed by atoms with Crippen LogP contribution in [-0.4, -0.2) is 26.8 Å². The number of carbonyl (C=O) groups is 1. The largest absolute Gasteiger partial charge is 0.461 e. The van der Waals surface area contributed by atoms with Gasteiger partial charge < -0.3 is 10.5 Å². The van der Waals surface area contributed by atoms with Gasteiger partial charge in [-0.05, 0) is 25.7 Å². The number of hydrogen-bond acceptors (Lipinski definition) is 5. The van der Waals surface area contributed by atoms with E-state index in [4.69, 9.17) is 10.5 Å². The summed E-state index contributed by atoms with van der Waals surface area (Å²) in [6, 6.07) is 0. The van der Waals surface area contributed by atoms with E-state index in [9.17, 15) is 4.79 Å². The summed E-state index contributed by atoms with van der Waals surface area (Å²) in [7, 11) is 0. The minimum absolute atomic E-state index is 0.0840. The molecular formula is C9H14N4O2. The van der Waals surface area contributed by atoms with Crippen LogP contribution in [0.15, 0.2) is 6.33 Å². The van der Waals surface area contributed by atoms with Crippen LogP contribution in [0.4, 0.5) is 5.95 Å². The van der Waals surface area contributed by atoms with Gasteiger partial charge in [-0.1, -0.05) is 0 Å². The van der Waals surface area contributed by atoms with Crippen molar-refractivity contribution in [2.75, 3.05) is 5.73 Å². The van der Waals surface area contributed by atoms with Crippen LogP contribution in [0.5, 0.6) is 0 Å². The lowest BCUT2D eigenvalue weighted by Gasteiger charge is -2.10. The predicted molar refractivity (Wildman–Crippen MR) is 52.8 cm³/mol. The van der Waals surface area contributed by atoms with Crippen LogP contribution in [0.3, 0.4) is 0 Å². The molecule has 1 heterocycles. The van der Waals surface area contributed by atoms with Crippen molar-refractivity contribution in [3.05, 3.63) is 6.33 Å². The number of rotatable bonds is 3. The molecule has 15 heavy (non-hydrogen) atoms. The molecule has 1 fully saturated rings. The van der Waals surface area contributed by atoms with Crippen molar-refractivity contribution in [1.29, 1.82) is 0 Å². The molecule has 1 aromatic heterocycles. The van der Waals surface area contributed by atoms with Gasteiger partial charge in [0.25, 0.3) is 0 Å². The van der Waals surface area contributed by atoms with Crippen molar-refractivity contribution in [3.8, 4) is 0 Å². The van der Waals surface area contributed by atoms with Gasteiger partial charge in [-0.2, -0.15) is 0 Å². The number of nitrogens with two attached hydrogens (primary N) is 1. The van der Waals surface area contributed by atoms with Crippen LogP contribution in [0.2, 0.25) is 0 Å². The molecule has 0 bridgehead atoms. The van der Waals surface area contributed by atoms with Gasteiger partial charge in [-0.3, -0.25) is 4.79 Å². The Bertz CT molecular complexity index is 344. The number of aromatic nitrogens is 3. The first kappa shape index (κ1) is 9.95. The molecule has 82 valence electrons. The Morgan fingerprint density at radius 2 is 2.33 bits per heavy atom. The van der Waals surface area contributed by atoms with Gasteiger partial charge in [-0.25, -0.2) is 9.67 Å². The van der Waals surface area contributed by atoms with Crippen molar-refractivity contribution < 1.29 is 9.53 Å². The topological polar surface area (TPSA) is 83.0 Å². The number of esters is 1. The van der Waals surface area contributed by atoms with E-state index >= 15 is 0 Å². The third-order valence-electron chi connectivity index (χ3n) is 2.45. The average molecular weight is 210 g/mol. The van der Waals surface area contributed by atoms with Gasteiger partial charge >= 0.3 is 5.97 Å². The minimum atomic E-state index is -0.271. The van der Waals surface area contributed by atoms with Gasteiger partial charge in [0, 0.05) is 0 Å². The zero-order valence-corrected chi connectivity index (χ0v) is 8.43. The molecule has 0 saturated heterocycles. The Morgan fingerprint density at radius 3 is 2.93 bits per heavy atom. The first-order valence-electron chi connectivity index (χ1n) is 5.08. The Labute approximate surface area is 87.4 Å². The third-order valence-corrected chi connectivity index (χ3v) is 2.45. The molecule has 6 heteroatoms. The second-order valence-corrected chi connectivity index (χ2v) is 3.70. The lowest BCUT2D eigenvalue weighted by atomic mass is 10.3. The van der Waals surface area contributed by atoms with Crippen LogP contribution in [0.25, 0.3) is 0 Å². The van der Waals surface area contributed by atoms with Crippen LogP contribution in [-0.2, 0) is 16.1 Å². The molecule has 1 aromatic rings. The average Bonchev–Trinajstić information content (AvgIpc) is 2.77. The SMILES string of the molecule is Nc1ncn(CC(=O)OC2CCCC2)n1. The smallest absolute Gasteiger partial charge is 0.328 e. The standard InChI is InChI=1S/C9H14N4O2/c10-9-11-6-13(12-9)5-8(14)15-7-3-1-2-4-7/h6-7H,1-5H2,(H2,10,12). The molecule has 6 nitrogen and oxygen atoms in total. The Morgan fingerprint density at radius 1 is 1.60 bits per heavy atom. The highest BCUT2D eigenvalue weighted by atomic mass is 16.5. The number of anilines is 1. The maximum atomic E-state index is 11.4. The molecule has 0 aromatic carbocycles. The Kier molecular flexibility index (Phi) is 2.84. The van der Waals surface area contributed by atoms with E-state index in [1.54, 1.807) is 0 Å². The lowest BCUT2D eigenvalue weighted by Crippen LogP contribution is -2.19. The Balaban J connectivity index is 1.81. The van der Waals surface area contributed by atoms with E-state index in [1.807, 2.05) is 0 Å². The molecule has 0 radical (unpaired) electrons. The van der Waals surface area contributed by atoms with Crippen molar-refractivity contribution in [2.24, 2.45) is 0 Å². The van der Waals surface area contributed by atoms with E-state index in [2.05, 4.69) is 10.1 Å². The summed E-state index contributed by atoms with van der Waals surface area (Å²) >= 11 is 0. The summed E-state index contributed by atoms with van der Waals surface area (Å²) in [4.78, 5) is 15.1. The summed E-state index contributed by atoms with van der Waals surface area (Å²) in [5, 5.41) is 3.81. The first-order chi connectivity index (χ1) is 7.24. The first-order valence-corrected chi connectivity index (χ1v) is 5.08. The maximum absolute atomic E-state index is 11.4. The normalized spacial score (nSPS) is 16.8. The molecule has 0 unspecified atom stereocenters. The summed E-state index contributed by atoms with van der Waals surface area (Å²) in [6.45, 7) is 0.0840. The highest BCUT2D eigenvalue weighted by Crippen LogP contribution is 2.20. The lowest BCUT2D eigenvalue weighted by molar-refractivity contribution is -0.149. The monoisotopic (exact) mass is 210 g/mol. The minimum Gasteiger partial charge on any atom is -0.461 e. The molecule has 1 saturated carbocycles. The molecular weight excluding hydrogens is 196 g/mol. The number of nitrogen functional groups attached to an aromatic ring is 1. The zero-order chi connectivity index (χ0) is 10.7. The highest BCUT2D eigenvalue weighted by Gasteiger charge is 2.19. The fraction of sp³-hybridized carbons (Fsp3) is 0.667. The molecule has 0 amide bonds. The summed E-state index contributed by atoms with van der Waals surface area (Å²) in [5.74, 6) is -0.101. The summed E-state index contributed by atoms with van der Waals surface area (Å²) < 4.78 is 6.64. The van der Waals surface area contributed by atoms with E-state index in [1.165, 1.54) is 11.0 Å². The fourth-order valence-corrected chi connectivity index (χ4v) is 1.75. The van der Waals surface area contributed by atoms with Crippen LogP contribution in [0.1, 0.15) is 25.7 Å². The zero-order valence-electron chi connectivity index (χ0n) is 8.43. The van der Waals surface area contributed by atoms with E-state index < -0.39 is 0 Å². The predicted octanol–water partition coefficient (Wildman–Crippen LogP) is 0.346. The maximum Gasteiger partial charge on any atom is 0.328 e. The van der Waals surface area contributed by atoms with Crippen LogP contribution < -0.4 is 5.73 Å². The number of ether oxygens (including phenoxy) is 1. The quantitative estimate of drug-likeness (QED) is 0.727. The van der Waals surface area contributed by atoms with E-state index in [0.717, 1.165) is 25.7 Å². The highest BCUT2D eigenvalue weighted by molar-refractivity contribution is 5.69. The van der Waals surface area contributed by atoms with Crippen LogP contribution >= 0.6 is 0 Å². The second kappa shape index (κ2) is 4.29. The van der Waals surface area contributed by atoms with Gasteiger partial charge in [0.1, 0.15) is 19.0 Å². The third kappa shape index (κ3) is 2.68. The number of carbonyl (C=O) groups excluding carboxylic acids is 1. The molecule has 0 aliphatic heterocycles. The van der Waals surface area contributed by atoms with Gasteiger partial charge in [0.2, 0.25) is 5.95 Å². The summed E-state index contributed by atoms with van der Waals surface area (Å²) in [5.41, 5.74) is 5.32. The van der Waals surface area contributed by atoms with Crippen molar-refractivity contribution in [3.63, 3.8) is 0 Å². The summed E-state index contributed by atoms with van der Waals surface area (Å²) in [6.07, 6.45) is 5.77. The van der Waals surface area contributed by atoms with Gasteiger partial charge in [0.05, 0.1) is 0 Å². The number of nitrogens with zero attached hydrogens (tertiary/aromatic N) is 3. The number of hydrogen-bond donors (Lipinski definition) is 1. The molecule has 1 aliphatic rings. The van der Waals surface area contributed by atoms with Crippen molar-refractivity contribution in [1.82, 2.24) is 14.8 Å². The Hall–Kier alpha value is -1.59. The molecule has 0 atom stereocenters.